The van der Waals surface area contributed by atoms with E-state index in [0.29, 0.717) is 11.5 Å². The lowest BCUT2D eigenvalue weighted by Crippen LogP contribution is -2.60. The third-order valence-electron chi connectivity index (χ3n) is 5.64. The van der Waals surface area contributed by atoms with Gasteiger partial charge in [-0.2, -0.15) is 0 Å². The second kappa shape index (κ2) is 10.1. The molecule has 12 heteroatoms. The molecule has 188 valence electrons. The lowest BCUT2D eigenvalue weighted by atomic mass is 9.99. The minimum atomic E-state index is -1.71. The molecule has 0 amide bonds. The van der Waals surface area contributed by atoms with Gasteiger partial charge in [0, 0.05) is 11.1 Å². The van der Waals surface area contributed by atoms with E-state index in [-0.39, 0.29) is 35.2 Å². The SMILES string of the molecule is COc1cc(C(=O)C(=O)c2ccc3c(c2)OCO3)cc(O[C@@H]2O[C@H](CO)[C@@H](O)[C@H](O)[C@H]2O)c1OC. The first kappa shape index (κ1) is 24.7. The predicted molar refractivity (Wildman–Crippen MR) is 115 cm³/mol. The van der Waals surface area contributed by atoms with Gasteiger partial charge < -0.3 is 48.8 Å². The van der Waals surface area contributed by atoms with Crippen molar-refractivity contribution in [3.63, 3.8) is 0 Å². The van der Waals surface area contributed by atoms with Gasteiger partial charge in [0.15, 0.2) is 23.0 Å². The van der Waals surface area contributed by atoms with Gasteiger partial charge in [-0.1, -0.05) is 0 Å². The smallest absolute Gasteiger partial charge is 0.233 e. The Kier molecular flexibility index (Phi) is 7.10. The van der Waals surface area contributed by atoms with E-state index in [1.807, 2.05) is 0 Å². The molecule has 4 N–H and O–H groups in total. The van der Waals surface area contributed by atoms with Gasteiger partial charge in [0.2, 0.25) is 30.4 Å². The van der Waals surface area contributed by atoms with Crippen LogP contribution in [0.1, 0.15) is 20.7 Å². The Morgan fingerprint density at radius 2 is 1.57 bits per heavy atom. The van der Waals surface area contributed by atoms with E-state index in [2.05, 4.69) is 0 Å². The van der Waals surface area contributed by atoms with E-state index in [1.54, 1.807) is 0 Å². The van der Waals surface area contributed by atoms with E-state index >= 15 is 0 Å². The summed E-state index contributed by atoms with van der Waals surface area (Å²) in [6.45, 7) is -0.650. The van der Waals surface area contributed by atoms with Gasteiger partial charge in [0.25, 0.3) is 0 Å². The molecule has 0 aromatic heterocycles. The molecule has 35 heavy (non-hydrogen) atoms. The van der Waals surface area contributed by atoms with Gasteiger partial charge in [-0.05, 0) is 30.3 Å². The van der Waals surface area contributed by atoms with Gasteiger partial charge in [0.1, 0.15) is 24.4 Å². The average Bonchev–Trinajstić information content (AvgIpc) is 3.35. The minimum Gasteiger partial charge on any atom is -0.493 e. The maximum atomic E-state index is 13.1. The summed E-state index contributed by atoms with van der Waals surface area (Å²) in [5, 5.41) is 39.7. The molecule has 0 saturated carbocycles. The highest BCUT2D eigenvalue weighted by atomic mass is 16.7. The molecule has 2 aromatic rings. The van der Waals surface area contributed by atoms with Crippen LogP contribution in [-0.2, 0) is 4.74 Å². The van der Waals surface area contributed by atoms with E-state index < -0.39 is 48.9 Å². The molecular weight excluding hydrogens is 468 g/mol. The highest BCUT2D eigenvalue weighted by Crippen LogP contribution is 2.40. The van der Waals surface area contributed by atoms with Crippen molar-refractivity contribution >= 4 is 11.6 Å². The highest BCUT2D eigenvalue weighted by Gasteiger charge is 2.45. The van der Waals surface area contributed by atoms with Crippen LogP contribution in [0.5, 0.6) is 28.7 Å². The molecular formula is C23H24O12. The molecule has 0 bridgehead atoms. The number of hydrogen-bond acceptors (Lipinski definition) is 12. The van der Waals surface area contributed by atoms with Crippen LogP contribution in [0, 0.1) is 0 Å². The van der Waals surface area contributed by atoms with Crippen LogP contribution >= 0.6 is 0 Å². The second-order valence-electron chi connectivity index (χ2n) is 7.75. The number of carbonyl (C=O) groups is 2. The number of fused-ring (bicyclic) bond motifs is 1. The standard InChI is InChI=1S/C23H24O12/c1-30-14-6-11(18(26)17(25)10-3-4-12-13(5-10)33-9-32-12)7-15(22(14)31-2)34-23-21(29)20(28)19(27)16(8-24)35-23/h3-7,16,19-21,23-24,27-29H,8-9H2,1-2H3/t16-,19-,20+,21-,23-/m1/s1. The predicted octanol–water partition coefficient (Wildman–Crippen LogP) is -0.323. The van der Waals surface area contributed by atoms with Crippen LogP contribution in [0.2, 0.25) is 0 Å². The Hall–Kier alpha value is -3.42. The summed E-state index contributed by atoms with van der Waals surface area (Å²) in [6.07, 6.45) is -7.75. The van der Waals surface area contributed by atoms with Crippen molar-refractivity contribution in [2.24, 2.45) is 0 Å². The average molecular weight is 492 g/mol. The first-order valence-electron chi connectivity index (χ1n) is 10.5. The summed E-state index contributed by atoms with van der Waals surface area (Å²) in [4.78, 5) is 26.0. The van der Waals surface area contributed by atoms with Gasteiger partial charge in [-0.15, -0.1) is 0 Å². The fraction of sp³-hybridized carbons (Fsp3) is 0.391. The van der Waals surface area contributed by atoms with Gasteiger partial charge in [-0.3, -0.25) is 9.59 Å². The fourth-order valence-corrected chi connectivity index (χ4v) is 3.74. The largest absolute Gasteiger partial charge is 0.493 e. The molecule has 0 unspecified atom stereocenters. The first-order valence-corrected chi connectivity index (χ1v) is 10.5. The Balaban J connectivity index is 1.65. The molecule has 2 aliphatic rings. The molecule has 0 spiro atoms. The normalized spacial score (nSPS) is 25.1. The minimum absolute atomic E-state index is 0.00918. The van der Waals surface area contributed by atoms with Crippen molar-refractivity contribution in [1.29, 1.82) is 0 Å². The lowest BCUT2D eigenvalue weighted by molar-refractivity contribution is -0.277. The van der Waals surface area contributed by atoms with Crippen molar-refractivity contribution in [3.05, 3.63) is 41.5 Å². The van der Waals surface area contributed by atoms with E-state index in [1.165, 1.54) is 44.6 Å². The third-order valence-corrected chi connectivity index (χ3v) is 5.64. The van der Waals surface area contributed by atoms with Crippen LogP contribution in [0.25, 0.3) is 0 Å². The van der Waals surface area contributed by atoms with Crippen molar-refractivity contribution in [3.8, 4) is 28.7 Å². The fourth-order valence-electron chi connectivity index (χ4n) is 3.74. The topological polar surface area (TPSA) is 170 Å². The zero-order valence-electron chi connectivity index (χ0n) is 18.7. The number of benzene rings is 2. The number of hydrogen-bond donors (Lipinski definition) is 4. The summed E-state index contributed by atoms with van der Waals surface area (Å²) in [5.41, 5.74) is -0.0460. The number of methoxy groups -OCH3 is 2. The Morgan fingerprint density at radius 1 is 0.886 bits per heavy atom. The number of aliphatic hydroxyl groups excluding tert-OH is 4. The Morgan fingerprint density at radius 3 is 2.26 bits per heavy atom. The van der Waals surface area contributed by atoms with Crippen LogP contribution in [0.4, 0.5) is 0 Å². The number of aliphatic hydroxyl groups is 4. The molecule has 0 aliphatic carbocycles. The zero-order valence-corrected chi connectivity index (χ0v) is 18.7. The summed E-state index contributed by atoms with van der Waals surface area (Å²) in [6, 6.07) is 6.82. The molecule has 1 saturated heterocycles. The van der Waals surface area contributed by atoms with Crippen molar-refractivity contribution < 1.29 is 58.4 Å². The summed E-state index contributed by atoms with van der Waals surface area (Å²) >= 11 is 0. The van der Waals surface area contributed by atoms with Gasteiger partial charge in [0.05, 0.1) is 20.8 Å². The van der Waals surface area contributed by atoms with Crippen molar-refractivity contribution in [2.45, 2.75) is 30.7 Å². The number of Topliss-reactive ketones (excluding diaryl/α,β-unsaturated/α-hetero) is 2. The molecule has 2 heterocycles. The molecule has 4 rings (SSSR count). The maximum Gasteiger partial charge on any atom is 0.233 e. The summed E-state index contributed by atoms with van der Waals surface area (Å²) in [7, 11) is 2.61. The Bertz CT molecular complexity index is 1110. The summed E-state index contributed by atoms with van der Waals surface area (Å²) < 4.78 is 32.1. The maximum absolute atomic E-state index is 13.1. The number of carbonyl (C=O) groups excluding carboxylic acids is 2. The van der Waals surface area contributed by atoms with Crippen LogP contribution < -0.4 is 23.7 Å². The Labute approximate surface area is 199 Å². The monoisotopic (exact) mass is 492 g/mol. The van der Waals surface area contributed by atoms with Crippen LogP contribution in [0.15, 0.2) is 30.3 Å². The molecule has 12 nitrogen and oxygen atoms in total. The quantitative estimate of drug-likeness (QED) is 0.280. The molecule has 2 aromatic carbocycles. The van der Waals surface area contributed by atoms with E-state index in [0.717, 1.165) is 0 Å². The number of ketones is 2. The van der Waals surface area contributed by atoms with Crippen molar-refractivity contribution in [2.75, 3.05) is 27.6 Å². The summed E-state index contributed by atoms with van der Waals surface area (Å²) in [5.74, 6) is -1.05. The third kappa shape index (κ3) is 4.61. The number of ether oxygens (including phenoxy) is 6. The molecule has 1 fully saturated rings. The number of rotatable bonds is 8. The van der Waals surface area contributed by atoms with E-state index in [9.17, 15) is 30.0 Å². The second-order valence-corrected chi connectivity index (χ2v) is 7.75. The molecule has 2 aliphatic heterocycles. The lowest BCUT2D eigenvalue weighted by Gasteiger charge is -2.39. The van der Waals surface area contributed by atoms with Gasteiger partial charge >= 0.3 is 0 Å². The van der Waals surface area contributed by atoms with Crippen LogP contribution in [0.3, 0.4) is 0 Å². The first-order chi connectivity index (χ1) is 16.8. The van der Waals surface area contributed by atoms with E-state index in [4.69, 9.17) is 28.4 Å². The molecule has 0 radical (unpaired) electrons. The molecule has 5 atom stereocenters. The van der Waals surface area contributed by atoms with Crippen LogP contribution in [-0.4, -0.2) is 90.3 Å². The zero-order chi connectivity index (χ0) is 25.3. The highest BCUT2D eigenvalue weighted by molar-refractivity contribution is 6.49. The van der Waals surface area contributed by atoms with Gasteiger partial charge in [-0.25, -0.2) is 0 Å². The van der Waals surface area contributed by atoms with Crippen molar-refractivity contribution in [1.82, 2.24) is 0 Å².